The molecule has 0 bridgehead atoms. The van der Waals surface area contributed by atoms with E-state index >= 15 is 0 Å². The minimum atomic E-state index is -3.40. The molecule has 5 nitrogen and oxygen atoms in total. The number of amides is 1. The molecule has 0 saturated carbocycles. The number of sulfonamides is 1. The summed E-state index contributed by atoms with van der Waals surface area (Å²) in [7, 11) is -3.40. The summed E-state index contributed by atoms with van der Waals surface area (Å²) in [5.74, 6) is -0.149. The summed E-state index contributed by atoms with van der Waals surface area (Å²) in [5, 5.41) is 2.82. The van der Waals surface area contributed by atoms with Crippen molar-refractivity contribution < 1.29 is 13.2 Å². The first-order valence-corrected chi connectivity index (χ1v) is 10.5. The summed E-state index contributed by atoms with van der Waals surface area (Å²) in [5.41, 5.74) is 2.37. The molecule has 25 heavy (non-hydrogen) atoms. The van der Waals surface area contributed by atoms with Gasteiger partial charge in [-0.05, 0) is 53.5 Å². The monoisotopic (exact) mass is 424 g/mol. The lowest BCUT2D eigenvalue weighted by molar-refractivity contribution is -0.116. The third-order valence-electron chi connectivity index (χ3n) is 3.64. The van der Waals surface area contributed by atoms with Crippen molar-refractivity contribution >= 4 is 43.2 Å². The molecule has 0 saturated heterocycles. The summed E-state index contributed by atoms with van der Waals surface area (Å²) in [4.78, 5) is 12.1. The highest BCUT2D eigenvalue weighted by molar-refractivity contribution is 9.10. The number of nitrogens with zero attached hydrogens (tertiary/aromatic N) is 1. The summed E-state index contributed by atoms with van der Waals surface area (Å²) < 4.78 is 26.2. The van der Waals surface area contributed by atoms with Crippen LogP contribution in [0.3, 0.4) is 0 Å². The molecule has 134 valence electrons. The second-order valence-corrected chi connectivity index (χ2v) is 8.56. The lowest BCUT2D eigenvalue weighted by Gasteiger charge is -2.22. The Bertz CT molecular complexity index is 836. The number of benzene rings is 2. The standard InChI is InChI=1S/C18H21BrN2O3S/c1-14-9-11-15(12-10-14)21(25(2,23)24)13-5-8-18(22)20-17-7-4-3-6-16(17)19/h3-4,6-7,9-12H,5,8,13H2,1-2H3,(H,20,22). The Morgan fingerprint density at radius 2 is 1.76 bits per heavy atom. The highest BCUT2D eigenvalue weighted by Crippen LogP contribution is 2.22. The number of carbonyl (C=O) groups excluding carboxylic acids is 1. The normalized spacial score (nSPS) is 11.2. The first-order valence-electron chi connectivity index (χ1n) is 7.86. The molecule has 0 aromatic heterocycles. The molecule has 0 atom stereocenters. The summed E-state index contributed by atoms with van der Waals surface area (Å²) in [6.07, 6.45) is 1.84. The number of rotatable bonds is 7. The maximum Gasteiger partial charge on any atom is 0.232 e. The van der Waals surface area contributed by atoms with Gasteiger partial charge in [-0.15, -0.1) is 0 Å². The van der Waals surface area contributed by atoms with Gasteiger partial charge in [-0.25, -0.2) is 8.42 Å². The molecule has 7 heteroatoms. The van der Waals surface area contributed by atoms with Crippen molar-refractivity contribution in [2.45, 2.75) is 19.8 Å². The lowest BCUT2D eigenvalue weighted by atomic mass is 10.2. The van der Waals surface area contributed by atoms with Gasteiger partial charge in [0.15, 0.2) is 0 Å². The molecule has 1 amide bonds. The average Bonchev–Trinajstić information content (AvgIpc) is 2.54. The van der Waals surface area contributed by atoms with Crippen LogP contribution in [0.15, 0.2) is 53.0 Å². The number of halogens is 1. The Kier molecular flexibility index (Phi) is 6.61. The fraction of sp³-hybridized carbons (Fsp3) is 0.278. The van der Waals surface area contributed by atoms with Crippen molar-refractivity contribution in [3.8, 4) is 0 Å². The van der Waals surface area contributed by atoms with Gasteiger partial charge in [-0.1, -0.05) is 29.8 Å². The Balaban J connectivity index is 1.96. The largest absolute Gasteiger partial charge is 0.325 e. The van der Waals surface area contributed by atoms with Crippen molar-refractivity contribution in [3.05, 3.63) is 58.6 Å². The molecule has 0 radical (unpaired) electrons. The third-order valence-corrected chi connectivity index (χ3v) is 5.52. The number of carbonyl (C=O) groups is 1. The van der Waals surface area contributed by atoms with Gasteiger partial charge in [0.1, 0.15) is 0 Å². The van der Waals surface area contributed by atoms with E-state index < -0.39 is 10.0 Å². The fourth-order valence-corrected chi connectivity index (χ4v) is 3.71. The third kappa shape index (κ3) is 5.86. The van der Waals surface area contributed by atoms with Gasteiger partial charge in [-0.2, -0.15) is 0 Å². The van der Waals surface area contributed by atoms with Crippen LogP contribution in [0.5, 0.6) is 0 Å². The predicted molar refractivity (Wildman–Crippen MR) is 105 cm³/mol. The number of para-hydroxylation sites is 1. The topological polar surface area (TPSA) is 66.5 Å². The van der Waals surface area contributed by atoms with Crippen molar-refractivity contribution in [2.24, 2.45) is 0 Å². The van der Waals surface area contributed by atoms with E-state index in [4.69, 9.17) is 0 Å². The summed E-state index contributed by atoms with van der Waals surface area (Å²) in [6.45, 7) is 2.20. The maximum absolute atomic E-state index is 12.1. The minimum Gasteiger partial charge on any atom is -0.325 e. The number of hydrogen-bond acceptors (Lipinski definition) is 3. The highest BCUT2D eigenvalue weighted by Gasteiger charge is 2.17. The molecule has 0 unspecified atom stereocenters. The lowest BCUT2D eigenvalue weighted by Crippen LogP contribution is -2.31. The van der Waals surface area contributed by atoms with Crippen molar-refractivity contribution in [2.75, 3.05) is 22.4 Å². The Hall–Kier alpha value is -1.86. The Morgan fingerprint density at radius 1 is 1.12 bits per heavy atom. The van der Waals surface area contributed by atoms with Crippen LogP contribution in [0.1, 0.15) is 18.4 Å². The zero-order valence-electron chi connectivity index (χ0n) is 14.2. The molecule has 0 aliphatic heterocycles. The van der Waals surface area contributed by atoms with Crippen LogP contribution < -0.4 is 9.62 Å². The van der Waals surface area contributed by atoms with Crippen LogP contribution in [0, 0.1) is 6.92 Å². The van der Waals surface area contributed by atoms with Crippen molar-refractivity contribution in [1.82, 2.24) is 0 Å². The van der Waals surface area contributed by atoms with Crippen molar-refractivity contribution in [1.29, 1.82) is 0 Å². The number of nitrogens with one attached hydrogen (secondary N) is 1. The molecule has 0 heterocycles. The van der Waals surface area contributed by atoms with E-state index in [2.05, 4.69) is 21.2 Å². The van der Waals surface area contributed by atoms with E-state index in [1.165, 1.54) is 10.6 Å². The van der Waals surface area contributed by atoms with Gasteiger partial charge < -0.3 is 5.32 Å². The SMILES string of the molecule is Cc1ccc(N(CCCC(=O)Nc2ccccc2Br)S(C)(=O)=O)cc1. The average molecular weight is 425 g/mol. The zero-order valence-corrected chi connectivity index (χ0v) is 16.6. The first kappa shape index (κ1) is 19.5. The molecule has 0 aliphatic rings. The Morgan fingerprint density at radius 3 is 2.36 bits per heavy atom. The minimum absolute atomic E-state index is 0.149. The highest BCUT2D eigenvalue weighted by atomic mass is 79.9. The van der Waals surface area contributed by atoms with E-state index in [1.54, 1.807) is 18.2 Å². The second kappa shape index (κ2) is 8.49. The molecular weight excluding hydrogens is 404 g/mol. The fourth-order valence-electron chi connectivity index (χ4n) is 2.36. The van der Waals surface area contributed by atoms with E-state index in [1.807, 2.05) is 37.3 Å². The number of hydrogen-bond donors (Lipinski definition) is 1. The summed E-state index contributed by atoms with van der Waals surface area (Å²) in [6, 6.07) is 14.6. The zero-order chi connectivity index (χ0) is 18.4. The van der Waals surface area contributed by atoms with E-state index in [0.717, 1.165) is 10.0 Å². The smallest absolute Gasteiger partial charge is 0.232 e. The maximum atomic E-state index is 12.1. The van der Waals surface area contributed by atoms with Crippen molar-refractivity contribution in [3.63, 3.8) is 0 Å². The molecule has 2 rings (SSSR count). The predicted octanol–water partition coefficient (Wildman–Crippen LogP) is 3.94. The second-order valence-electron chi connectivity index (χ2n) is 5.80. The van der Waals surface area contributed by atoms with Gasteiger partial charge in [0.25, 0.3) is 0 Å². The van der Waals surface area contributed by atoms with Crippen LogP contribution in [0.25, 0.3) is 0 Å². The molecule has 0 spiro atoms. The molecule has 0 aliphatic carbocycles. The molecule has 2 aromatic carbocycles. The van der Waals surface area contributed by atoms with Gasteiger partial charge in [0.2, 0.25) is 15.9 Å². The van der Waals surface area contributed by atoms with Gasteiger partial charge in [0.05, 0.1) is 17.6 Å². The summed E-state index contributed by atoms with van der Waals surface area (Å²) >= 11 is 3.38. The van der Waals surface area contributed by atoms with E-state index in [-0.39, 0.29) is 18.9 Å². The van der Waals surface area contributed by atoms with Gasteiger partial charge in [-0.3, -0.25) is 9.10 Å². The van der Waals surface area contributed by atoms with Crippen LogP contribution in [0.4, 0.5) is 11.4 Å². The van der Waals surface area contributed by atoms with Crippen LogP contribution in [-0.2, 0) is 14.8 Å². The Labute approximate surface area is 157 Å². The van der Waals surface area contributed by atoms with Crippen LogP contribution >= 0.6 is 15.9 Å². The van der Waals surface area contributed by atoms with E-state index in [9.17, 15) is 13.2 Å². The molecule has 0 fully saturated rings. The quantitative estimate of drug-likeness (QED) is 0.731. The van der Waals surface area contributed by atoms with Gasteiger partial charge >= 0.3 is 0 Å². The molecule has 2 aromatic rings. The number of anilines is 2. The van der Waals surface area contributed by atoms with E-state index in [0.29, 0.717) is 17.8 Å². The van der Waals surface area contributed by atoms with Crippen LogP contribution in [-0.4, -0.2) is 27.1 Å². The first-order chi connectivity index (χ1) is 11.8. The van der Waals surface area contributed by atoms with Gasteiger partial charge in [0, 0.05) is 17.4 Å². The molecule has 1 N–H and O–H groups in total. The molecular formula is C18H21BrN2O3S. The number of aryl methyl sites for hydroxylation is 1. The van der Waals surface area contributed by atoms with Crippen LogP contribution in [0.2, 0.25) is 0 Å².